The minimum absolute atomic E-state index is 0.170. The Morgan fingerprint density at radius 3 is 2.73 bits per heavy atom. The van der Waals surface area contributed by atoms with Gasteiger partial charge in [0.1, 0.15) is 5.82 Å². The third kappa shape index (κ3) is 4.63. The van der Waals surface area contributed by atoms with Gasteiger partial charge in [-0.1, -0.05) is 11.6 Å². The van der Waals surface area contributed by atoms with Gasteiger partial charge < -0.3 is 15.2 Å². The number of carbonyl (C=O) groups is 1. The van der Waals surface area contributed by atoms with Crippen molar-refractivity contribution in [1.82, 2.24) is 25.1 Å². The van der Waals surface area contributed by atoms with Crippen molar-refractivity contribution in [2.45, 2.75) is 38.4 Å². The number of nitrogens with one attached hydrogen (secondary N) is 2. The first-order valence-corrected chi connectivity index (χ1v) is 11.2. The summed E-state index contributed by atoms with van der Waals surface area (Å²) in [5.74, 6) is 0.605. The van der Waals surface area contributed by atoms with E-state index >= 15 is 0 Å². The van der Waals surface area contributed by atoms with Crippen molar-refractivity contribution in [1.29, 1.82) is 0 Å². The van der Waals surface area contributed by atoms with E-state index in [-0.39, 0.29) is 5.91 Å². The average molecular weight is 431 g/mol. The summed E-state index contributed by atoms with van der Waals surface area (Å²) in [5.41, 5.74) is 1.78. The van der Waals surface area contributed by atoms with Crippen molar-refractivity contribution in [2.75, 3.05) is 44.7 Å². The Hall–Kier alpha value is -2.09. The van der Waals surface area contributed by atoms with E-state index in [1.165, 1.54) is 18.5 Å². The molecule has 2 aliphatic rings. The maximum absolute atomic E-state index is 11.8. The van der Waals surface area contributed by atoms with Gasteiger partial charge in [0.25, 0.3) is 5.91 Å². The molecular weight excluding hydrogens is 400 g/mol. The van der Waals surface area contributed by atoms with Gasteiger partial charge in [0.2, 0.25) is 0 Å². The van der Waals surface area contributed by atoms with E-state index in [1.807, 2.05) is 6.20 Å². The number of rotatable bonds is 5. The van der Waals surface area contributed by atoms with E-state index in [2.05, 4.69) is 49.0 Å². The molecule has 1 amide bonds. The summed E-state index contributed by atoms with van der Waals surface area (Å²) < 4.78 is 0. The van der Waals surface area contributed by atoms with E-state index < -0.39 is 0 Å². The standard InChI is InChI=1S/C22H31ClN6O/c1-16-14-28(21-20(23)12-17(13-26-21)22(30)24-2)10-11-29(16)19-5-8-27(9-6-19)15-18-4-3-7-25-18/h3-4,7,12-13,16,19,25H,5-6,8-11,14-15H2,1-2H3,(H,24,30)/t16-/m0/s1. The monoisotopic (exact) mass is 430 g/mol. The molecule has 7 nitrogen and oxygen atoms in total. The first kappa shape index (κ1) is 21.2. The molecule has 8 heteroatoms. The van der Waals surface area contributed by atoms with E-state index in [1.54, 1.807) is 19.3 Å². The quantitative estimate of drug-likeness (QED) is 0.763. The highest BCUT2D eigenvalue weighted by Crippen LogP contribution is 2.28. The Balaban J connectivity index is 1.32. The Morgan fingerprint density at radius 2 is 2.10 bits per heavy atom. The summed E-state index contributed by atoms with van der Waals surface area (Å²) >= 11 is 6.47. The number of anilines is 1. The number of likely N-dealkylation sites (tertiary alicyclic amines) is 1. The number of H-pyrrole nitrogens is 1. The number of aromatic nitrogens is 2. The molecule has 0 saturated carbocycles. The highest BCUT2D eigenvalue weighted by molar-refractivity contribution is 6.33. The van der Waals surface area contributed by atoms with Gasteiger partial charge in [0.05, 0.1) is 10.6 Å². The molecule has 30 heavy (non-hydrogen) atoms. The molecule has 0 bridgehead atoms. The topological polar surface area (TPSA) is 67.5 Å². The third-order valence-corrected chi connectivity index (χ3v) is 6.65. The maximum atomic E-state index is 11.8. The molecule has 2 fully saturated rings. The van der Waals surface area contributed by atoms with Crippen LogP contribution in [0, 0.1) is 0 Å². The molecule has 2 aromatic rings. The molecule has 0 spiro atoms. The van der Waals surface area contributed by atoms with Crippen molar-refractivity contribution in [3.63, 3.8) is 0 Å². The Bertz CT molecular complexity index is 849. The van der Waals surface area contributed by atoms with Crippen LogP contribution in [0.5, 0.6) is 0 Å². The minimum Gasteiger partial charge on any atom is -0.364 e. The van der Waals surface area contributed by atoms with E-state index in [0.29, 0.717) is 22.7 Å². The van der Waals surface area contributed by atoms with Crippen LogP contribution < -0.4 is 10.2 Å². The fraction of sp³-hybridized carbons (Fsp3) is 0.545. The lowest BCUT2D eigenvalue weighted by molar-refractivity contribution is 0.0687. The smallest absolute Gasteiger partial charge is 0.252 e. The molecule has 0 radical (unpaired) electrons. The van der Waals surface area contributed by atoms with Gasteiger partial charge in [-0.05, 0) is 38.0 Å². The second-order valence-electron chi connectivity index (χ2n) is 8.34. The minimum atomic E-state index is -0.170. The van der Waals surface area contributed by atoms with Crippen molar-refractivity contribution < 1.29 is 4.79 Å². The number of piperidine rings is 1. The van der Waals surface area contributed by atoms with Crippen molar-refractivity contribution in [3.05, 3.63) is 46.9 Å². The Labute approximate surface area is 183 Å². The molecule has 2 saturated heterocycles. The lowest BCUT2D eigenvalue weighted by Crippen LogP contribution is -2.57. The summed E-state index contributed by atoms with van der Waals surface area (Å²) in [6.07, 6.45) is 6.03. The molecule has 2 aromatic heterocycles. The zero-order valence-corrected chi connectivity index (χ0v) is 18.5. The molecule has 4 heterocycles. The van der Waals surface area contributed by atoms with Crippen molar-refractivity contribution >= 4 is 23.3 Å². The maximum Gasteiger partial charge on any atom is 0.252 e. The lowest BCUT2D eigenvalue weighted by Gasteiger charge is -2.46. The van der Waals surface area contributed by atoms with Crippen molar-refractivity contribution in [3.8, 4) is 0 Å². The van der Waals surface area contributed by atoms with Crippen LogP contribution in [0.1, 0.15) is 35.8 Å². The SMILES string of the molecule is CNC(=O)c1cnc(N2CCN(C3CCN(Cc4ccc[nH]4)CC3)[C@@H](C)C2)c(Cl)c1. The van der Waals surface area contributed by atoms with Crippen LogP contribution in [0.25, 0.3) is 0 Å². The number of carbonyl (C=O) groups excluding carboxylic acids is 1. The molecule has 2 N–H and O–H groups in total. The Kier molecular flexibility index (Phi) is 6.61. The fourth-order valence-electron chi connectivity index (χ4n) is 4.75. The number of aromatic amines is 1. The van der Waals surface area contributed by atoms with Crippen LogP contribution in [-0.2, 0) is 6.54 Å². The van der Waals surface area contributed by atoms with Gasteiger partial charge in [0, 0.05) is 76.5 Å². The number of hydrogen-bond acceptors (Lipinski definition) is 5. The average Bonchev–Trinajstić information content (AvgIpc) is 3.27. The molecule has 0 aromatic carbocycles. The fourth-order valence-corrected chi connectivity index (χ4v) is 5.04. The van der Waals surface area contributed by atoms with E-state index in [4.69, 9.17) is 11.6 Å². The first-order chi connectivity index (χ1) is 14.5. The summed E-state index contributed by atoms with van der Waals surface area (Å²) in [6.45, 7) is 8.41. The molecular formula is C22H31ClN6O. The van der Waals surface area contributed by atoms with Crippen LogP contribution in [-0.4, -0.2) is 77.5 Å². The van der Waals surface area contributed by atoms with Crippen LogP contribution in [0.15, 0.2) is 30.6 Å². The van der Waals surface area contributed by atoms with Gasteiger partial charge in [0.15, 0.2) is 0 Å². The van der Waals surface area contributed by atoms with Crippen LogP contribution in [0.2, 0.25) is 5.02 Å². The summed E-state index contributed by atoms with van der Waals surface area (Å²) in [4.78, 5) is 27.1. The second-order valence-corrected chi connectivity index (χ2v) is 8.75. The normalized spacial score (nSPS) is 21.7. The molecule has 4 rings (SSSR count). The Morgan fingerprint density at radius 1 is 1.30 bits per heavy atom. The zero-order chi connectivity index (χ0) is 21.1. The number of pyridine rings is 1. The molecule has 2 aliphatic heterocycles. The van der Waals surface area contributed by atoms with Gasteiger partial charge in [-0.2, -0.15) is 0 Å². The van der Waals surface area contributed by atoms with Crippen LogP contribution in [0.3, 0.4) is 0 Å². The lowest BCUT2D eigenvalue weighted by atomic mass is 9.99. The predicted molar refractivity (Wildman–Crippen MR) is 120 cm³/mol. The number of piperazine rings is 1. The number of nitrogens with zero attached hydrogens (tertiary/aromatic N) is 4. The van der Waals surface area contributed by atoms with E-state index in [0.717, 1.165) is 45.1 Å². The number of amides is 1. The second kappa shape index (κ2) is 9.37. The molecule has 1 atom stereocenters. The molecule has 0 aliphatic carbocycles. The largest absolute Gasteiger partial charge is 0.364 e. The highest BCUT2D eigenvalue weighted by atomic mass is 35.5. The predicted octanol–water partition coefficient (Wildman–Crippen LogP) is 2.60. The van der Waals surface area contributed by atoms with Crippen molar-refractivity contribution in [2.24, 2.45) is 0 Å². The number of halogens is 1. The number of hydrogen-bond donors (Lipinski definition) is 2. The van der Waals surface area contributed by atoms with Gasteiger partial charge >= 0.3 is 0 Å². The van der Waals surface area contributed by atoms with Gasteiger partial charge in [-0.3, -0.25) is 14.6 Å². The zero-order valence-electron chi connectivity index (χ0n) is 17.8. The summed E-state index contributed by atoms with van der Waals surface area (Å²) in [6, 6.07) is 7.01. The highest BCUT2D eigenvalue weighted by Gasteiger charge is 2.32. The first-order valence-electron chi connectivity index (χ1n) is 10.8. The third-order valence-electron chi connectivity index (χ3n) is 6.37. The van der Waals surface area contributed by atoms with Gasteiger partial charge in [-0.15, -0.1) is 0 Å². The molecule has 0 unspecified atom stereocenters. The van der Waals surface area contributed by atoms with Crippen LogP contribution in [0.4, 0.5) is 5.82 Å². The summed E-state index contributed by atoms with van der Waals surface area (Å²) in [7, 11) is 1.61. The van der Waals surface area contributed by atoms with Crippen LogP contribution >= 0.6 is 11.6 Å². The van der Waals surface area contributed by atoms with E-state index in [9.17, 15) is 4.79 Å². The van der Waals surface area contributed by atoms with Gasteiger partial charge in [-0.25, -0.2) is 4.98 Å². The molecule has 162 valence electrons. The summed E-state index contributed by atoms with van der Waals surface area (Å²) in [5, 5.41) is 3.15.